The van der Waals surface area contributed by atoms with E-state index >= 15 is 0 Å². The van der Waals surface area contributed by atoms with Gasteiger partial charge in [-0.3, -0.25) is 5.41 Å². The first-order chi connectivity index (χ1) is 19.7. The van der Waals surface area contributed by atoms with Crippen molar-refractivity contribution in [2.75, 3.05) is 13.2 Å². The topological polar surface area (TPSA) is 88.6 Å². The summed E-state index contributed by atoms with van der Waals surface area (Å²) in [6, 6.07) is 28.0. The number of hydrogen-bond acceptors (Lipinski definition) is 4. The minimum absolute atomic E-state index is 0.0740. The van der Waals surface area contributed by atoms with Crippen LogP contribution < -0.4 is 15.2 Å². The summed E-state index contributed by atoms with van der Waals surface area (Å²) in [5, 5.41) is 17.3. The zero-order chi connectivity index (χ0) is 29.4. The first-order valence-corrected chi connectivity index (χ1v) is 14.5. The van der Waals surface area contributed by atoms with E-state index < -0.39 is 0 Å². The summed E-state index contributed by atoms with van der Waals surface area (Å²) in [6.45, 7) is 9.68. The van der Waals surface area contributed by atoms with E-state index in [-0.39, 0.29) is 17.0 Å². The molecule has 214 valence electrons. The minimum atomic E-state index is -0.199. The number of amidine groups is 1. The molecule has 0 fully saturated rings. The normalized spacial score (nSPS) is 11.3. The average Bonchev–Trinajstić information content (AvgIpc) is 2.97. The summed E-state index contributed by atoms with van der Waals surface area (Å²) in [5.41, 5.74) is 13.1. The van der Waals surface area contributed by atoms with E-state index in [1.54, 1.807) is 12.1 Å². The van der Waals surface area contributed by atoms with Gasteiger partial charge >= 0.3 is 0 Å². The smallest absolute Gasteiger partial charge is 0.122 e. The Hall–Kier alpha value is -4.25. The third-order valence-corrected chi connectivity index (χ3v) is 7.60. The molecule has 0 aromatic heterocycles. The predicted molar refractivity (Wildman–Crippen MR) is 169 cm³/mol. The molecule has 0 radical (unpaired) electrons. The van der Waals surface area contributed by atoms with Crippen molar-refractivity contribution in [3.63, 3.8) is 0 Å². The molecule has 0 unspecified atom stereocenters. The van der Waals surface area contributed by atoms with Gasteiger partial charge in [0.15, 0.2) is 0 Å². The van der Waals surface area contributed by atoms with Gasteiger partial charge in [-0.05, 0) is 76.6 Å². The quantitative estimate of drug-likeness (QED) is 0.0893. The van der Waals surface area contributed by atoms with Crippen LogP contribution in [0, 0.1) is 5.41 Å². The predicted octanol–water partition coefficient (Wildman–Crippen LogP) is 8.03. The molecule has 4 aromatic carbocycles. The maximum atomic E-state index is 9.71. The van der Waals surface area contributed by atoms with E-state index in [1.807, 2.05) is 42.5 Å². The van der Waals surface area contributed by atoms with Gasteiger partial charge < -0.3 is 20.3 Å². The molecule has 0 amide bonds. The SMILES string of the molecule is CCCc1cc(-c2ccc(C(=N)N)cc2)ccc1OCCOc1ccc(C(C)(C)c2ccc(O)cc2)cc1CCC. The fraction of sp³-hybridized carbons (Fsp3) is 0.306. The van der Waals surface area contributed by atoms with E-state index in [0.29, 0.717) is 13.2 Å². The first kappa shape index (κ1) is 29.7. The fourth-order valence-electron chi connectivity index (χ4n) is 5.13. The minimum Gasteiger partial charge on any atom is -0.508 e. The molecule has 0 saturated heterocycles. The summed E-state index contributed by atoms with van der Waals surface area (Å²) in [4.78, 5) is 0. The Labute approximate surface area is 244 Å². The number of nitrogen functional groups attached to an aromatic ring is 1. The number of aryl methyl sites for hydroxylation is 2. The zero-order valence-corrected chi connectivity index (χ0v) is 24.7. The van der Waals surface area contributed by atoms with Gasteiger partial charge in [0.2, 0.25) is 0 Å². The van der Waals surface area contributed by atoms with Crippen molar-refractivity contribution >= 4 is 5.84 Å². The number of ether oxygens (including phenoxy) is 2. The Morgan fingerprint density at radius 2 is 1.22 bits per heavy atom. The molecular weight excluding hydrogens is 508 g/mol. The number of rotatable bonds is 13. The lowest BCUT2D eigenvalue weighted by Gasteiger charge is -2.27. The largest absolute Gasteiger partial charge is 0.508 e. The zero-order valence-electron chi connectivity index (χ0n) is 24.7. The van der Waals surface area contributed by atoms with Crippen molar-refractivity contribution in [3.8, 4) is 28.4 Å². The molecule has 4 rings (SSSR count). The molecule has 0 heterocycles. The highest BCUT2D eigenvalue weighted by Crippen LogP contribution is 2.35. The molecule has 0 saturated carbocycles. The molecule has 4 N–H and O–H groups in total. The Morgan fingerprint density at radius 1 is 0.707 bits per heavy atom. The van der Waals surface area contributed by atoms with Gasteiger partial charge in [0.05, 0.1) is 0 Å². The third kappa shape index (κ3) is 7.29. The van der Waals surface area contributed by atoms with Gasteiger partial charge in [-0.25, -0.2) is 0 Å². The maximum Gasteiger partial charge on any atom is 0.122 e. The molecule has 0 aliphatic heterocycles. The molecule has 5 heteroatoms. The number of phenols is 1. The van der Waals surface area contributed by atoms with Crippen molar-refractivity contribution in [3.05, 3.63) is 113 Å². The lowest BCUT2D eigenvalue weighted by molar-refractivity contribution is 0.214. The summed E-state index contributed by atoms with van der Waals surface area (Å²) < 4.78 is 12.4. The summed E-state index contributed by atoms with van der Waals surface area (Å²) >= 11 is 0. The van der Waals surface area contributed by atoms with Crippen LogP contribution in [0.2, 0.25) is 0 Å². The molecular formula is C36H42N2O3. The highest BCUT2D eigenvalue weighted by atomic mass is 16.5. The highest BCUT2D eigenvalue weighted by Gasteiger charge is 2.24. The van der Waals surface area contributed by atoms with Gasteiger partial charge in [0, 0.05) is 11.0 Å². The number of benzene rings is 4. The van der Waals surface area contributed by atoms with Gasteiger partial charge in [-0.1, -0.05) is 95.1 Å². The molecule has 0 aliphatic rings. The van der Waals surface area contributed by atoms with Crippen LogP contribution in [0.15, 0.2) is 84.9 Å². The van der Waals surface area contributed by atoms with Crippen LogP contribution in [0.4, 0.5) is 0 Å². The van der Waals surface area contributed by atoms with Crippen LogP contribution >= 0.6 is 0 Å². The van der Waals surface area contributed by atoms with Crippen LogP contribution in [0.5, 0.6) is 17.2 Å². The Bertz CT molecular complexity index is 1460. The second-order valence-electron chi connectivity index (χ2n) is 11.0. The van der Waals surface area contributed by atoms with E-state index in [0.717, 1.165) is 59.4 Å². The van der Waals surface area contributed by atoms with Gasteiger partial charge in [0.1, 0.15) is 36.3 Å². The van der Waals surface area contributed by atoms with Crippen molar-refractivity contribution in [1.82, 2.24) is 0 Å². The van der Waals surface area contributed by atoms with Crippen LogP contribution in [-0.2, 0) is 18.3 Å². The maximum absolute atomic E-state index is 9.71. The molecule has 5 nitrogen and oxygen atoms in total. The highest BCUT2D eigenvalue weighted by molar-refractivity contribution is 5.95. The Kier molecular flexibility index (Phi) is 9.72. The summed E-state index contributed by atoms with van der Waals surface area (Å²) in [7, 11) is 0. The van der Waals surface area contributed by atoms with Crippen LogP contribution in [0.25, 0.3) is 11.1 Å². The average molecular weight is 551 g/mol. The summed E-state index contributed by atoms with van der Waals surface area (Å²) in [5.74, 6) is 2.14. The number of nitrogens with one attached hydrogen (secondary N) is 1. The molecule has 0 atom stereocenters. The standard InChI is InChI=1S/C36H42N2O3/c1-5-7-28-23-27(25-9-11-26(12-10-25)35(37)38)13-19-33(28)40-21-22-41-34-20-16-31(24-29(34)8-6-2)36(3,4)30-14-17-32(39)18-15-30/h9-20,23-24,39H,5-8,21-22H2,1-4H3,(H3,37,38). The van der Waals surface area contributed by atoms with Crippen LogP contribution in [-0.4, -0.2) is 24.2 Å². The van der Waals surface area contributed by atoms with Crippen molar-refractivity contribution in [1.29, 1.82) is 5.41 Å². The second-order valence-corrected chi connectivity index (χ2v) is 11.0. The lowest BCUT2D eigenvalue weighted by atomic mass is 9.77. The first-order valence-electron chi connectivity index (χ1n) is 14.5. The second kappa shape index (κ2) is 13.4. The fourth-order valence-corrected chi connectivity index (χ4v) is 5.13. The van der Waals surface area contributed by atoms with Gasteiger partial charge in [-0.2, -0.15) is 0 Å². The third-order valence-electron chi connectivity index (χ3n) is 7.60. The number of aromatic hydroxyl groups is 1. The monoisotopic (exact) mass is 550 g/mol. The number of phenolic OH excluding ortho intramolecular Hbond substituents is 1. The number of hydrogen-bond donors (Lipinski definition) is 3. The molecule has 0 spiro atoms. The molecule has 41 heavy (non-hydrogen) atoms. The Morgan fingerprint density at radius 3 is 1.78 bits per heavy atom. The molecule has 0 aliphatic carbocycles. The van der Waals surface area contributed by atoms with E-state index in [4.69, 9.17) is 20.6 Å². The van der Waals surface area contributed by atoms with Crippen molar-refractivity contribution in [2.24, 2.45) is 5.73 Å². The molecule has 4 aromatic rings. The van der Waals surface area contributed by atoms with Crippen molar-refractivity contribution < 1.29 is 14.6 Å². The van der Waals surface area contributed by atoms with E-state index in [2.05, 4.69) is 58.0 Å². The molecule has 0 bridgehead atoms. The van der Waals surface area contributed by atoms with Gasteiger partial charge in [-0.15, -0.1) is 0 Å². The number of nitrogens with two attached hydrogens (primary N) is 1. The van der Waals surface area contributed by atoms with E-state index in [9.17, 15) is 5.11 Å². The summed E-state index contributed by atoms with van der Waals surface area (Å²) in [6.07, 6.45) is 3.91. The lowest BCUT2D eigenvalue weighted by Crippen LogP contribution is -2.19. The van der Waals surface area contributed by atoms with E-state index in [1.165, 1.54) is 16.7 Å². The van der Waals surface area contributed by atoms with Crippen LogP contribution in [0.1, 0.15) is 68.4 Å². The Balaban J connectivity index is 1.43. The van der Waals surface area contributed by atoms with Gasteiger partial charge in [0.25, 0.3) is 0 Å². The van der Waals surface area contributed by atoms with Crippen LogP contribution in [0.3, 0.4) is 0 Å². The van der Waals surface area contributed by atoms with Crippen molar-refractivity contribution in [2.45, 2.75) is 58.8 Å².